The Balaban J connectivity index is 2.23. The number of carbonyl (C=O) groups excluding carboxylic acids is 1. The zero-order valence-corrected chi connectivity index (χ0v) is 12.3. The predicted octanol–water partition coefficient (Wildman–Crippen LogP) is 1.69. The van der Waals surface area contributed by atoms with Gasteiger partial charge < -0.3 is 20.5 Å². The Bertz CT molecular complexity index is 533. The molecule has 0 radical (unpaired) electrons. The number of amides is 1. The van der Waals surface area contributed by atoms with Crippen LogP contribution in [0.1, 0.15) is 18.9 Å². The number of hydrogen-bond acceptors (Lipinski definition) is 4. The minimum Gasteiger partial charge on any atom is -0.495 e. The van der Waals surface area contributed by atoms with Crippen molar-refractivity contribution in [2.75, 3.05) is 19.0 Å². The molecule has 2 atom stereocenters. The van der Waals surface area contributed by atoms with Crippen molar-refractivity contribution < 1.29 is 14.3 Å². The van der Waals surface area contributed by atoms with Gasteiger partial charge >= 0.3 is 0 Å². The third-order valence-corrected chi connectivity index (χ3v) is 3.55. The molecule has 1 aliphatic rings. The van der Waals surface area contributed by atoms with E-state index in [2.05, 4.69) is 5.32 Å². The molecular weight excluding hydrogens is 276 g/mol. The van der Waals surface area contributed by atoms with Crippen molar-refractivity contribution in [2.45, 2.75) is 19.4 Å². The van der Waals surface area contributed by atoms with Crippen LogP contribution in [0.15, 0.2) is 18.2 Å². The number of nitrogens with one attached hydrogen (secondary N) is 1. The van der Waals surface area contributed by atoms with Crippen molar-refractivity contribution in [2.24, 2.45) is 11.7 Å². The van der Waals surface area contributed by atoms with E-state index in [4.69, 9.17) is 27.4 Å². The van der Waals surface area contributed by atoms with Crippen LogP contribution in [0.25, 0.3) is 0 Å². The third kappa shape index (κ3) is 3.08. The summed E-state index contributed by atoms with van der Waals surface area (Å²) in [5.74, 6) is 0.279. The Morgan fingerprint density at radius 1 is 1.55 bits per heavy atom. The number of hydrogen-bond donors (Lipinski definition) is 2. The molecule has 0 aliphatic carbocycles. The fourth-order valence-corrected chi connectivity index (χ4v) is 2.43. The lowest BCUT2D eigenvalue weighted by molar-refractivity contribution is -0.119. The summed E-state index contributed by atoms with van der Waals surface area (Å²) in [4.78, 5) is 12.5. The molecule has 2 unspecified atom stereocenters. The molecule has 0 spiro atoms. The lowest BCUT2D eigenvalue weighted by Gasteiger charge is -2.16. The van der Waals surface area contributed by atoms with Gasteiger partial charge in [-0.1, -0.05) is 18.3 Å². The number of anilines is 1. The SMILES string of the molecule is COc1cccc(C(N)=S)c1NC(=O)C1COC(C)C1. The topological polar surface area (TPSA) is 73.6 Å². The van der Waals surface area contributed by atoms with Crippen molar-refractivity contribution in [3.8, 4) is 5.75 Å². The fraction of sp³-hybridized carbons (Fsp3) is 0.429. The van der Waals surface area contributed by atoms with Crippen LogP contribution in [0.2, 0.25) is 0 Å². The van der Waals surface area contributed by atoms with E-state index >= 15 is 0 Å². The number of rotatable bonds is 4. The minimum absolute atomic E-state index is 0.101. The zero-order chi connectivity index (χ0) is 14.7. The molecule has 1 saturated heterocycles. The summed E-state index contributed by atoms with van der Waals surface area (Å²) >= 11 is 5.01. The van der Waals surface area contributed by atoms with Gasteiger partial charge in [-0.05, 0) is 25.5 Å². The molecule has 3 N–H and O–H groups in total. The zero-order valence-electron chi connectivity index (χ0n) is 11.5. The van der Waals surface area contributed by atoms with Crippen molar-refractivity contribution in [1.82, 2.24) is 0 Å². The molecule has 6 heteroatoms. The highest BCUT2D eigenvalue weighted by molar-refractivity contribution is 7.80. The summed E-state index contributed by atoms with van der Waals surface area (Å²) in [6.45, 7) is 2.39. The van der Waals surface area contributed by atoms with Gasteiger partial charge in [0, 0.05) is 5.56 Å². The average molecular weight is 294 g/mol. The fourth-order valence-electron chi connectivity index (χ4n) is 2.26. The van der Waals surface area contributed by atoms with Crippen LogP contribution in [0.5, 0.6) is 5.75 Å². The molecule has 2 rings (SSSR count). The van der Waals surface area contributed by atoms with Gasteiger partial charge in [0.25, 0.3) is 0 Å². The lowest BCUT2D eigenvalue weighted by Crippen LogP contribution is -2.25. The van der Waals surface area contributed by atoms with Crippen molar-refractivity contribution in [3.05, 3.63) is 23.8 Å². The second-order valence-electron chi connectivity index (χ2n) is 4.81. The average Bonchev–Trinajstić information content (AvgIpc) is 2.85. The maximum Gasteiger partial charge on any atom is 0.230 e. The molecule has 1 amide bonds. The molecule has 0 saturated carbocycles. The second kappa shape index (κ2) is 6.19. The van der Waals surface area contributed by atoms with Gasteiger partial charge in [-0.25, -0.2) is 0 Å². The number of benzene rings is 1. The molecule has 20 heavy (non-hydrogen) atoms. The van der Waals surface area contributed by atoms with Crippen LogP contribution in [0.3, 0.4) is 0 Å². The molecule has 0 aromatic heterocycles. The first-order valence-corrected chi connectivity index (χ1v) is 6.83. The van der Waals surface area contributed by atoms with E-state index in [0.717, 1.165) is 0 Å². The maximum absolute atomic E-state index is 12.3. The van der Waals surface area contributed by atoms with Crippen LogP contribution >= 0.6 is 12.2 Å². The van der Waals surface area contributed by atoms with E-state index in [1.165, 1.54) is 7.11 Å². The summed E-state index contributed by atoms with van der Waals surface area (Å²) in [5.41, 5.74) is 6.81. The normalized spacial score (nSPS) is 21.5. The first-order valence-electron chi connectivity index (χ1n) is 6.42. The lowest BCUT2D eigenvalue weighted by atomic mass is 10.0. The molecule has 1 fully saturated rings. The predicted molar refractivity (Wildman–Crippen MR) is 81.0 cm³/mol. The molecule has 0 bridgehead atoms. The van der Waals surface area contributed by atoms with Gasteiger partial charge in [-0.3, -0.25) is 4.79 Å². The highest BCUT2D eigenvalue weighted by Crippen LogP contribution is 2.30. The van der Waals surface area contributed by atoms with Gasteiger partial charge in [0.2, 0.25) is 5.91 Å². The Hall–Kier alpha value is -1.66. The molecule has 1 aromatic carbocycles. The summed E-state index contributed by atoms with van der Waals surface area (Å²) in [6, 6.07) is 5.29. The molecule has 1 heterocycles. The van der Waals surface area contributed by atoms with E-state index in [-0.39, 0.29) is 22.9 Å². The van der Waals surface area contributed by atoms with Gasteiger partial charge in [-0.2, -0.15) is 0 Å². The third-order valence-electron chi connectivity index (χ3n) is 3.33. The van der Waals surface area contributed by atoms with Gasteiger partial charge in [0.15, 0.2) is 0 Å². The maximum atomic E-state index is 12.3. The highest BCUT2D eigenvalue weighted by Gasteiger charge is 2.29. The summed E-state index contributed by atoms with van der Waals surface area (Å²) in [7, 11) is 1.54. The van der Waals surface area contributed by atoms with Crippen LogP contribution in [-0.4, -0.2) is 30.7 Å². The smallest absolute Gasteiger partial charge is 0.230 e. The van der Waals surface area contributed by atoms with E-state index < -0.39 is 0 Å². The number of ether oxygens (including phenoxy) is 2. The Kier molecular flexibility index (Phi) is 4.57. The molecule has 5 nitrogen and oxygen atoms in total. The van der Waals surface area contributed by atoms with Crippen molar-refractivity contribution >= 4 is 28.8 Å². The minimum atomic E-state index is -0.158. The first-order chi connectivity index (χ1) is 9.52. The van der Waals surface area contributed by atoms with Crippen LogP contribution in [0, 0.1) is 5.92 Å². The quantitative estimate of drug-likeness (QED) is 0.827. The van der Waals surface area contributed by atoms with Gasteiger partial charge in [0.1, 0.15) is 10.7 Å². The molecular formula is C14H18N2O3S. The first kappa shape index (κ1) is 14.7. The van der Waals surface area contributed by atoms with Crippen molar-refractivity contribution in [3.63, 3.8) is 0 Å². The Labute approximate surface area is 123 Å². The molecule has 1 aromatic rings. The van der Waals surface area contributed by atoms with E-state index in [9.17, 15) is 4.79 Å². The van der Waals surface area contributed by atoms with E-state index in [0.29, 0.717) is 30.0 Å². The summed E-state index contributed by atoms with van der Waals surface area (Å²) in [5, 5.41) is 2.86. The summed E-state index contributed by atoms with van der Waals surface area (Å²) in [6.07, 6.45) is 0.821. The highest BCUT2D eigenvalue weighted by atomic mass is 32.1. The number of thiocarbonyl (C=S) groups is 1. The number of para-hydroxylation sites is 1. The van der Waals surface area contributed by atoms with Crippen LogP contribution < -0.4 is 15.8 Å². The van der Waals surface area contributed by atoms with Gasteiger partial charge in [-0.15, -0.1) is 0 Å². The summed E-state index contributed by atoms with van der Waals surface area (Å²) < 4.78 is 10.7. The van der Waals surface area contributed by atoms with Crippen LogP contribution in [-0.2, 0) is 9.53 Å². The number of nitrogens with two attached hydrogens (primary N) is 1. The number of methoxy groups -OCH3 is 1. The largest absolute Gasteiger partial charge is 0.495 e. The van der Waals surface area contributed by atoms with E-state index in [1.807, 2.05) is 6.92 Å². The monoisotopic (exact) mass is 294 g/mol. The van der Waals surface area contributed by atoms with Crippen LogP contribution in [0.4, 0.5) is 5.69 Å². The Morgan fingerprint density at radius 3 is 2.85 bits per heavy atom. The standard InChI is InChI=1S/C14H18N2O3S/c1-8-6-9(7-19-8)14(17)16-12-10(13(15)20)4-3-5-11(12)18-2/h3-5,8-9H,6-7H2,1-2H3,(H2,15,20)(H,16,17). The van der Waals surface area contributed by atoms with Crippen molar-refractivity contribution in [1.29, 1.82) is 0 Å². The number of carbonyl (C=O) groups is 1. The second-order valence-corrected chi connectivity index (χ2v) is 5.25. The van der Waals surface area contributed by atoms with E-state index in [1.54, 1.807) is 18.2 Å². The molecule has 1 aliphatic heterocycles. The molecule has 108 valence electrons. The van der Waals surface area contributed by atoms with Gasteiger partial charge in [0.05, 0.1) is 31.4 Å². The Morgan fingerprint density at radius 2 is 2.30 bits per heavy atom.